The van der Waals surface area contributed by atoms with Crippen molar-refractivity contribution >= 4 is 23.0 Å². The predicted octanol–water partition coefficient (Wildman–Crippen LogP) is 3.67. The molecule has 1 aromatic heterocycles. The van der Waals surface area contributed by atoms with Gasteiger partial charge in [0.1, 0.15) is 0 Å². The molecule has 0 aromatic carbocycles. The predicted molar refractivity (Wildman–Crippen MR) is 109 cm³/mol. The van der Waals surface area contributed by atoms with E-state index in [4.69, 9.17) is 12.2 Å². The van der Waals surface area contributed by atoms with Crippen molar-refractivity contribution in [1.29, 1.82) is 0 Å². The third kappa shape index (κ3) is 2.95. The molecule has 0 spiro atoms. The second kappa shape index (κ2) is 6.93. The van der Waals surface area contributed by atoms with Gasteiger partial charge >= 0.3 is 0 Å². The van der Waals surface area contributed by atoms with E-state index >= 15 is 0 Å². The molecule has 3 saturated heterocycles. The minimum Gasteiger partial charge on any atom is -0.342 e. The number of nitrogens with zero attached hydrogens (tertiary/aromatic N) is 3. The smallest absolute Gasteiger partial charge is 0.173 e. The second-order valence-corrected chi connectivity index (χ2v) is 8.76. The molecule has 4 nitrogen and oxygen atoms in total. The lowest BCUT2D eigenvalue weighted by Crippen LogP contribution is -2.60. The molecule has 5 heteroatoms. The first kappa shape index (κ1) is 16.7. The van der Waals surface area contributed by atoms with E-state index in [1.807, 2.05) is 18.3 Å². The van der Waals surface area contributed by atoms with Crippen LogP contribution in [0.4, 0.5) is 5.69 Å². The highest BCUT2D eigenvalue weighted by atomic mass is 32.1. The molecule has 0 saturated carbocycles. The summed E-state index contributed by atoms with van der Waals surface area (Å²) in [5.74, 6) is 1.50. The van der Waals surface area contributed by atoms with Crippen molar-refractivity contribution in [1.82, 2.24) is 14.8 Å². The highest BCUT2D eigenvalue weighted by Crippen LogP contribution is 2.45. The highest BCUT2D eigenvalue weighted by Gasteiger charge is 2.46. The largest absolute Gasteiger partial charge is 0.342 e. The Morgan fingerprint density at radius 1 is 1.23 bits per heavy atom. The molecule has 1 N–H and O–H groups in total. The summed E-state index contributed by atoms with van der Waals surface area (Å²) in [6.45, 7) is 3.62. The van der Waals surface area contributed by atoms with Gasteiger partial charge in [-0.2, -0.15) is 0 Å². The Balaban J connectivity index is 1.39. The topological polar surface area (TPSA) is 31.4 Å². The standard InChI is InChI=1S/C21H28N4S/c26-21(23-18-6-3-8-22-13-18)25-10-4-5-15-11-16-12-17(20(15)25)14-24-9-2-1-7-19(16)24/h3,6,8,11,13,16-17,19-20H,1-2,4-5,7,9-10,12,14H2,(H,23,26)/t16-,17+,19+,20+/m0/s1. The van der Waals surface area contributed by atoms with E-state index < -0.39 is 0 Å². The van der Waals surface area contributed by atoms with Crippen LogP contribution in [0.15, 0.2) is 36.2 Å². The Bertz CT molecular complexity index is 703. The molecule has 138 valence electrons. The van der Waals surface area contributed by atoms with Crippen molar-refractivity contribution in [3.05, 3.63) is 36.2 Å². The molecule has 4 atom stereocenters. The molecular formula is C21H28N4S. The van der Waals surface area contributed by atoms with E-state index in [1.165, 1.54) is 51.6 Å². The van der Waals surface area contributed by atoms with Gasteiger partial charge in [0.05, 0.1) is 17.9 Å². The van der Waals surface area contributed by atoms with Crippen molar-refractivity contribution in [3.63, 3.8) is 0 Å². The fourth-order valence-electron chi connectivity index (χ4n) is 5.83. The van der Waals surface area contributed by atoms with E-state index in [1.54, 1.807) is 11.8 Å². The van der Waals surface area contributed by atoms with Crippen LogP contribution in [0.25, 0.3) is 0 Å². The zero-order valence-electron chi connectivity index (χ0n) is 15.3. The molecular weight excluding hydrogens is 340 g/mol. The molecule has 26 heavy (non-hydrogen) atoms. The van der Waals surface area contributed by atoms with E-state index in [0.29, 0.717) is 6.04 Å². The number of anilines is 1. The average molecular weight is 369 g/mol. The Kier molecular flexibility index (Phi) is 4.45. The fourth-order valence-corrected chi connectivity index (χ4v) is 6.16. The van der Waals surface area contributed by atoms with E-state index in [9.17, 15) is 0 Å². The maximum absolute atomic E-state index is 5.83. The number of pyridine rings is 1. The molecule has 1 aliphatic carbocycles. The zero-order valence-corrected chi connectivity index (χ0v) is 16.1. The van der Waals surface area contributed by atoms with Crippen LogP contribution in [0.2, 0.25) is 0 Å². The number of hydrogen-bond acceptors (Lipinski definition) is 3. The summed E-state index contributed by atoms with van der Waals surface area (Å²) < 4.78 is 0. The van der Waals surface area contributed by atoms with Crippen molar-refractivity contribution in [2.75, 3.05) is 25.0 Å². The molecule has 5 rings (SSSR count). The first-order valence-corrected chi connectivity index (χ1v) is 10.6. The number of piperidine rings is 3. The molecule has 1 aromatic rings. The lowest BCUT2D eigenvalue weighted by Gasteiger charge is -2.55. The fraction of sp³-hybridized carbons (Fsp3) is 0.619. The number of fused-ring (bicyclic) bond motifs is 6. The van der Waals surface area contributed by atoms with E-state index in [-0.39, 0.29) is 0 Å². The van der Waals surface area contributed by atoms with Gasteiger partial charge < -0.3 is 10.2 Å². The van der Waals surface area contributed by atoms with Crippen molar-refractivity contribution in [2.45, 2.75) is 50.6 Å². The van der Waals surface area contributed by atoms with Crippen LogP contribution < -0.4 is 5.32 Å². The van der Waals surface area contributed by atoms with Gasteiger partial charge in [-0.05, 0) is 74.8 Å². The van der Waals surface area contributed by atoms with E-state index in [0.717, 1.165) is 35.2 Å². The number of nitrogens with one attached hydrogen (secondary N) is 1. The summed E-state index contributed by atoms with van der Waals surface area (Å²) in [4.78, 5) is 9.47. The van der Waals surface area contributed by atoms with Crippen molar-refractivity contribution in [3.8, 4) is 0 Å². The van der Waals surface area contributed by atoms with Gasteiger partial charge in [-0.15, -0.1) is 0 Å². The quantitative estimate of drug-likeness (QED) is 0.604. The third-order valence-electron chi connectivity index (χ3n) is 6.83. The third-order valence-corrected chi connectivity index (χ3v) is 7.17. The van der Waals surface area contributed by atoms with Gasteiger partial charge in [0.25, 0.3) is 0 Å². The van der Waals surface area contributed by atoms with Crippen LogP contribution in [-0.2, 0) is 0 Å². The van der Waals surface area contributed by atoms with E-state index in [2.05, 4.69) is 26.2 Å². The van der Waals surface area contributed by atoms with Gasteiger partial charge in [0.15, 0.2) is 5.11 Å². The molecule has 2 bridgehead atoms. The molecule has 0 radical (unpaired) electrons. The van der Waals surface area contributed by atoms with Crippen LogP contribution in [0.3, 0.4) is 0 Å². The Labute approximate surface area is 161 Å². The molecule has 0 unspecified atom stereocenters. The zero-order chi connectivity index (χ0) is 17.5. The van der Waals surface area contributed by atoms with Crippen LogP contribution >= 0.6 is 12.2 Å². The van der Waals surface area contributed by atoms with Crippen LogP contribution in [0.1, 0.15) is 38.5 Å². The average Bonchev–Trinajstić information content (AvgIpc) is 2.68. The maximum Gasteiger partial charge on any atom is 0.173 e. The molecule has 3 aliphatic heterocycles. The molecule has 0 amide bonds. The lowest BCUT2D eigenvalue weighted by atomic mass is 9.68. The number of hydrogen-bond donors (Lipinski definition) is 1. The second-order valence-electron chi connectivity index (χ2n) is 8.37. The summed E-state index contributed by atoms with van der Waals surface area (Å²) in [6, 6.07) is 5.30. The number of aromatic nitrogens is 1. The van der Waals surface area contributed by atoms with Gasteiger partial charge in [-0.1, -0.05) is 18.1 Å². The van der Waals surface area contributed by atoms with Crippen LogP contribution in [0.5, 0.6) is 0 Å². The maximum atomic E-state index is 5.83. The van der Waals surface area contributed by atoms with Crippen molar-refractivity contribution < 1.29 is 0 Å². The molecule has 4 heterocycles. The summed E-state index contributed by atoms with van der Waals surface area (Å²) in [5.41, 5.74) is 2.65. The Morgan fingerprint density at radius 3 is 3.08 bits per heavy atom. The minimum absolute atomic E-state index is 0.500. The lowest BCUT2D eigenvalue weighted by molar-refractivity contribution is 0.0132. The van der Waals surface area contributed by atoms with Gasteiger partial charge in [0.2, 0.25) is 0 Å². The van der Waals surface area contributed by atoms with Gasteiger partial charge in [0, 0.05) is 25.3 Å². The van der Waals surface area contributed by atoms with Gasteiger partial charge in [-0.3, -0.25) is 9.88 Å². The van der Waals surface area contributed by atoms with Crippen LogP contribution in [0, 0.1) is 11.8 Å². The highest BCUT2D eigenvalue weighted by molar-refractivity contribution is 7.80. The number of likely N-dealkylation sites (tertiary alicyclic amines) is 1. The Hall–Kier alpha value is -1.46. The van der Waals surface area contributed by atoms with Crippen molar-refractivity contribution in [2.24, 2.45) is 11.8 Å². The monoisotopic (exact) mass is 368 g/mol. The summed E-state index contributed by atoms with van der Waals surface area (Å²) in [5, 5.41) is 4.30. The normalized spacial score (nSPS) is 33.7. The SMILES string of the molecule is S=C(Nc1cccnc1)N1CCCC2=C[C@H]3C[C@H](CN4CCCC[C@H]34)[C@@H]21. The summed E-state index contributed by atoms with van der Waals surface area (Å²) in [6.07, 6.45) is 14.3. The van der Waals surface area contributed by atoms with Crippen LogP contribution in [-0.4, -0.2) is 51.6 Å². The number of thiocarbonyl (C=S) groups is 1. The summed E-state index contributed by atoms with van der Waals surface area (Å²) >= 11 is 5.83. The molecule has 4 aliphatic rings. The Morgan fingerprint density at radius 2 is 2.19 bits per heavy atom. The van der Waals surface area contributed by atoms with Gasteiger partial charge in [-0.25, -0.2) is 0 Å². The minimum atomic E-state index is 0.500. The summed E-state index contributed by atoms with van der Waals surface area (Å²) in [7, 11) is 0. The first-order chi connectivity index (χ1) is 12.8. The molecule has 3 fully saturated rings. The number of rotatable bonds is 1. The first-order valence-electron chi connectivity index (χ1n) is 10.2.